The molecule has 0 aliphatic rings. The van der Waals surface area contributed by atoms with Crippen molar-refractivity contribution in [1.82, 2.24) is 4.90 Å². The normalized spacial score (nSPS) is 11.2. The number of fused-ring (bicyclic) bond motifs is 1. The fourth-order valence-corrected chi connectivity index (χ4v) is 2.62. The molecule has 25 heavy (non-hydrogen) atoms. The summed E-state index contributed by atoms with van der Waals surface area (Å²) in [5, 5.41) is 2.39. The molecule has 0 aliphatic carbocycles. The summed E-state index contributed by atoms with van der Waals surface area (Å²) in [5.41, 5.74) is 3.15. The molecule has 0 saturated carbocycles. The molecule has 0 spiro atoms. The molecule has 0 saturated heterocycles. The smallest absolute Gasteiger partial charge is 0.130 e. The molecule has 0 heterocycles. The second-order valence-electron chi connectivity index (χ2n) is 6.33. The number of benzene rings is 3. The number of ether oxygens (including phenoxy) is 1. The van der Waals surface area contributed by atoms with E-state index in [9.17, 15) is 0 Å². The van der Waals surface area contributed by atoms with Gasteiger partial charge < -0.3 is 9.64 Å². The van der Waals surface area contributed by atoms with Gasteiger partial charge in [0, 0.05) is 13.6 Å². The van der Waals surface area contributed by atoms with Gasteiger partial charge in [0.25, 0.3) is 0 Å². The van der Waals surface area contributed by atoms with Crippen LogP contribution in [0.1, 0.15) is 18.1 Å². The molecule has 3 heteroatoms. The SMILES string of the molecule is CCN(C)/C=N/c1cc(C)c(Oc2ccc3ccccc3c2)cc1C. The summed E-state index contributed by atoms with van der Waals surface area (Å²) in [6.07, 6.45) is 1.87. The Labute approximate surface area is 149 Å². The summed E-state index contributed by atoms with van der Waals surface area (Å²) in [6, 6.07) is 18.6. The number of rotatable bonds is 5. The third-order valence-corrected chi connectivity index (χ3v) is 4.33. The fraction of sp³-hybridized carbons (Fsp3) is 0.227. The van der Waals surface area contributed by atoms with Crippen molar-refractivity contribution in [2.45, 2.75) is 20.8 Å². The van der Waals surface area contributed by atoms with E-state index in [0.717, 1.165) is 34.9 Å². The third kappa shape index (κ3) is 4.00. The minimum Gasteiger partial charge on any atom is -0.457 e. The van der Waals surface area contributed by atoms with E-state index in [4.69, 9.17) is 4.74 Å². The second kappa shape index (κ2) is 7.39. The number of hydrogen-bond donors (Lipinski definition) is 0. The van der Waals surface area contributed by atoms with Gasteiger partial charge in [-0.2, -0.15) is 0 Å². The molecule has 0 atom stereocenters. The summed E-state index contributed by atoms with van der Waals surface area (Å²) in [7, 11) is 2.02. The van der Waals surface area contributed by atoms with E-state index in [1.54, 1.807) is 0 Å². The number of nitrogens with zero attached hydrogens (tertiary/aromatic N) is 2. The van der Waals surface area contributed by atoms with Gasteiger partial charge in [-0.3, -0.25) is 0 Å². The quantitative estimate of drug-likeness (QED) is 0.432. The highest BCUT2D eigenvalue weighted by Crippen LogP contribution is 2.32. The van der Waals surface area contributed by atoms with Crippen LogP contribution >= 0.6 is 0 Å². The maximum atomic E-state index is 6.14. The van der Waals surface area contributed by atoms with Crippen LogP contribution in [0.3, 0.4) is 0 Å². The van der Waals surface area contributed by atoms with Gasteiger partial charge in [0.1, 0.15) is 11.5 Å². The lowest BCUT2D eigenvalue weighted by atomic mass is 10.1. The lowest BCUT2D eigenvalue weighted by molar-refractivity contribution is 0.479. The molecular formula is C22H24N2O. The lowest BCUT2D eigenvalue weighted by Crippen LogP contribution is -2.14. The van der Waals surface area contributed by atoms with Crippen molar-refractivity contribution in [3.05, 3.63) is 65.7 Å². The first-order valence-electron chi connectivity index (χ1n) is 8.59. The largest absolute Gasteiger partial charge is 0.457 e. The predicted octanol–water partition coefficient (Wildman–Crippen LogP) is 5.86. The molecule has 128 valence electrons. The monoisotopic (exact) mass is 332 g/mol. The fourth-order valence-electron chi connectivity index (χ4n) is 2.62. The summed E-state index contributed by atoms with van der Waals surface area (Å²) >= 11 is 0. The van der Waals surface area contributed by atoms with Crippen LogP contribution in [0.2, 0.25) is 0 Å². The first-order chi connectivity index (χ1) is 12.1. The molecule has 0 unspecified atom stereocenters. The summed E-state index contributed by atoms with van der Waals surface area (Å²) in [6.45, 7) is 7.15. The van der Waals surface area contributed by atoms with Gasteiger partial charge in [-0.15, -0.1) is 0 Å². The van der Waals surface area contributed by atoms with Crippen LogP contribution in [0.5, 0.6) is 11.5 Å². The van der Waals surface area contributed by atoms with E-state index in [1.807, 2.05) is 36.5 Å². The second-order valence-corrected chi connectivity index (χ2v) is 6.33. The first-order valence-corrected chi connectivity index (χ1v) is 8.59. The molecule has 3 aromatic carbocycles. The topological polar surface area (TPSA) is 24.8 Å². The van der Waals surface area contributed by atoms with Crippen molar-refractivity contribution in [2.75, 3.05) is 13.6 Å². The van der Waals surface area contributed by atoms with Crippen LogP contribution < -0.4 is 4.74 Å². The van der Waals surface area contributed by atoms with Crippen LogP contribution in [-0.4, -0.2) is 24.8 Å². The number of aryl methyl sites for hydroxylation is 2. The standard InChI is InChI=1S/C22H24N2O/c1-5-24(4)15-23-21-12-17(3)22(13-16(21)2)25-20-11-10-18-8-6-7-9-19(18)14-20/h6-15H,5H2,1-4H3/b23-15+. The van der Waals surface area contributed by atoms with E-state index in [1.165, 1.54) is 10.8 Å². The molecule has 3 nitrogen and oxygen atoms in total. The Morgan fingerprint density at radius 3 is 2.48 bits per heavy atom. The van der Waals surface area contributed by atoms with E-state index < -0.39 is 0 Å². The average molecular weight is 332 g/mol. The lowest BCUT2D eigenvalue weighted by Gasteiger charge is -2.13. The highest BCUT2D eigenvalue weighted by Gasteiger charge is 2.07. The van der Waals surface area contributed by atoms with Gasteiger partial charge in [-0.05, 0) is 66.9 Å². The molecular weight excluding hydrogens is 308 g/mol. The van der Waals surface area contributed by atoms with Crippen molar-refractivity contribution < 1.29 is 4.74 Å². The highest BCUT2D eigenvalue weighted by molar-refractivity contribution is 5.83. The van der Waals surface area contributed by atoms with Gasteiger partial charge in [-0.1, -0.05) is 30.3 Å². The Balaban J connectivity index is 1.87. The zero-order valence-electron chi connectivity index (χ0n) is 15.3. The minimum absolute atomic E-state index is 0.850. The Morgan fingerprint density at radius 2 is 1.72 bits per heavy atom. The van der Waals surface area contributed by atoms with Crippen LogP contribution in [-0.2, 0) is 0 Å². The molecule has 3 aromatic rings. The molecule has 3 rings (SSSR count). The van der Waals surface area contributed by atoms with Crippen molar-refractivity contribution in [3.8, 4) is 11.5 Å². The van der Waals surface area contributed by atoms with E-state index >= 15 is 0 Å². The first kappa shape index (κ1) is 17.0. The van der Waals surface area contributed by atoms with E-state index in [2.05, 4.69) is 62.2 Å². The zero-order chi connectivity index (χ0) is 17.8. The maximum Gasteiger partial charge on any atom is 0.130 e. The Bertz CT molecular complexity index is 915. The molecule has 0 radical (unpaired) electrons. The molecule has 0 fully saturated rings. The number of aliphatic imine (C=N–C) groups is 1. The van der Waals surface area contributed by atoms with Crippen LogP contribution in [0.4, 0.5) is 5.69 Å². The Kier molecular flexibility index (Phi) is 5.03. The molecule has 0 amide bonds. The van der Waals surface area contributed by atoms with Crippen molar-refractivity contribution in [1.29, 1.82) is 0 Å². The van der Waals surface area contributed by atoms with Crippen LogP contribution in [0, 0.1) is 13.8 Å². The molecule has 0 N–H and O–H groups in total. The third-order valence-electron chi connectivity index (χ3n) is 4.33. The van der Waals surface area contributed by atoms with Crippen molar-refractivity contribution >= 4 is 22.8 Å². The molecule has 0 bridgehead atoms. The Morgan fingerprint density at radius 1 is 0.960 bits per heavy atom. The van der Waals surface area contributed by atoms with Gasteiger partial charge in [0.2, 0.25) is 0 Å². The molecule has 0 aliphatic heterocycles. The predicted molar refractivity (Wildman–Crippen MR) is 106 cm³/mol. The zero-order valence-corrected chi connectivity index (χ0v) is 15.3. The molecule has 0 aromatic heterocycles. The number of hydrogen-bond acceptors (Lipinski definition) is 2. The van der Waals surface area contributed by atoms with Crippen LogP contribution in [0.15, 0.2) is 59.6 Å². The van der Waals surface area contributed by atoms with E-state index in [-0.39, 0.29) is 0 Å². The minimum atomic E-state index is 0.850. The summed E-state index contributed by atoms with van der Waals surface area (Å²) in [4.78, 5) is 6.62. The highest BCUT2D eigenvalue weighted by atomic mass is 16.5. The summed E-state index contributed by atoms with van der Waals surface area (Å²) < 4.78 is 6.14. The Hall–Kier alpha value is -2.81. The van der Waals surface area contributed by atoms with Crippen molar-refractivity contribution in [2.24, 2.45) is 4.99 Å². The maximum absolute atomic E-state index is 6.14. The van der Waals surface area contributed by atoms with Gasteiger partial charge in [-0.25, -0.2) is 4.99 Å². The van der Waals surface area contributed by atoms with Crippen LogP contribution in [0.25, 0.3) is 10.8 Å². The van der Waals surface area contributed by atoms with E-state index in [0.29, 0.717) is 0 Å². The van der Waals surface area contributed by atoms with Gasteiger partial charge >= 0.3 is 0 Å². The van der Waals surface area contributed by atoms with Crippen molar-refractivity contribution in [3.63, 3.8) is 0 Å². The summed E-state index contributed by atoms with van der Waals surface area (Å²) in [5.74, 6) is 1.72. The van der Waals surface area contributed by atoms with Gasteiger partial charge in [0.05, 0.1) is 12.0 Å². The average Bonchev–Trinajstić information content (AvgIpc) is 2.63. The van der Waals surface area contributed by atoms with Gasteiger partial charge in [0.15, 0.2) is 0 Å².